The molecular formula is C16H18Cl2N4O2S. The number of anilines is 2. The third-order valence-electron chi connectivity index (χ3n) is 3.34. The van der Waals surface area contributed by atoms with Gasteiger partial charge in [0.1, 0.15) is 5.69 Å². The molecule has 0 radical (unpaired) electrons. The van der Waals surface area contributed by atoms with Crippen LogP contribution in [0.3, 0.4) is 0 Å². The molecule has 9 heteroatoms. The van der Waals surface area contributed by atoms with Crippen molar-refractivity contribution < 1.29 is 9.59 Å². The third kappa shape index (κ3) is 5.88. The Balaban J connectivity index is 1.93. The lowest BCUT2D eigenvalue weighted by molar-refractivity contribution is -0.120. The van der Waals surface area contributed by atoms with Crippen molar-refractivity contribution in [3.05, 3.63) is 39.3 Å². The van der Waals surface area contributed by atoms with Gasteiger partial charge in [-0.05, 0) is 31.5 Å². The van der Waals surface area contributed by atoms with Gasteiger partial charge in [0.05, 0.1) is 17.3 Å². The first-order chi connectivity index (χ1) is 11.9. The Kier molecular flexibility index (Phi) is 7.04. The summed E-state index contributed by atoms with van der Waals surface area (Å²) in [5.41, 5.74) is 0.824. The van der Waals surface area contributed by atoms with Gasteiger partial charge in [-0.1, -0.05) is 30.1 Å². The number of rotatable bonds is 7. The number of thiazole rings is 1. The van der Waals surface area contributed by atoms with E-state index in [1.54, 1.807) is 23.6 Å². The molecule has 0 bridgehead atoms. The van der Waals surface area contributed by atoms with Gasteiger partial charge >= 0.3 is 0 Å². The van der Waals surface area contributed by atoms with Crippen LogP contribution in [0, 0.1) is 0 Å². The number of hydrogen-bond donors (Lipinski definition) is 3. The highest BCUT2D eigenvalue weighted by Gasteiger charge is 2.13. The Morgan fingerprint density at radius 2 is 2.08 bits per heavy atom. The summed E-state index contributed by atoms with van der Waals surface area (Å²) in [7, 11) is 0. The summed E-state index contributed by atoms with van der Waals surface area (Å²) in [5.74, 6) is -0.650. The van der Waals surface area contributed by atoms with Crippen LogP contribution in [-0.2, 0) is 4.79 Å². The molecule has 1 heterocycles. The van der Waals surface area contributed by atoms with Crippen molar-refractivity contribution in [3.8, 4) is 0 Å². The second kappa shape index (κ2) is 9.03. The van der Waals surface area contributed by atoms with E-state index < -0.39 is 5.91 Å². The van der Waals surface area contributed by atoms with Gasteiger partial charge < -0.3 is 16.0 Å². The molecule has 0 aliphatic carbocycles. The summed E-state index contributed by atoms with van der Waals surface area (Å²) in [5, 5.41) is 11.5. The minimum Gasteiger partial charge on any atom is -0.352 e. The van der Waals surface area contributed by atoms with Crippen molar-refractivity contribution in [1.82, 2.24) is 15.6 Å². The number of aromatic nitrogens is 1. The van der Waals surface area contributed by atoms with Crippen LogP contribution < -0.4 is 16.0 Å². The summed E-state index contributed by atoms with van der Waals surface area (Å²) in [6.45, 7) is 3.78. The van der Waals surface area contributed by atoms with Gasteiger partial charge in [-0.2, -0.15) is 0 Å². The number of carbonyl (C=O) groups is 2. The van der Waals surface area contributed by atoms with Gasteiger partial charge in [0.2, 0.25) is 5.91 Å². The number of nitrogens with zero attached hydrogens (tertiary/aromatic N) is 1. The first kappa shape index (κ1) is 19.5. The zero-order chi connectivity index (χ0) is 18.4. The summed E-state index contributed by atoms with van der Waals surface area (Å²) >= 11 is 13.3. The fourth-order valence-corrected chi connectivity index (χ4v) is 2.86. The number of carbonyl (C=O) groups excluding carboxylic acids is 2. The molecule has 0 aliphatic heterocycles. The van der Waals surface area contributed by atoms with E-state index in [0.717, 1.165) is 6.42 Å². The van der Waals surface area contributed by atoms with Crippen molar-refractivity contribution in [1.29, 1.82) is 0 Å². The van der Waals surface area contributed by atoms with Gasteiger partial charge in [-0.25, -0.2) is 4.98 Å². The van der Waals surface area contributed by atoms with E-state index in [2.05, 4.69) is 20.9 Å². The van der Waals surface area contributed by atoms with E-state index in [1.165, 1.54) is 11.3 Å². The predicted molar refractivity (Wildman–Crippen MR) is 102 cm³/mol. The molecule has 0 aliphatic rings. The average Bonchev–Trinajstić information content (AvgIpc) is 3.04. The molecule has 0 spiro atoms. The minimum absolute atomic E-state index is 0.0712. The lowest BCUT2D eigenvalue weighted by Crippen LogP contribution is -2.40. The van der Waals surface area contributed by atoms with Gasteiger partial charge in [0.15, 0.2) is 5.13 Å². The van der Waals surface area contributed by atoms with Crippen LogP contribution in [0.5, 0.6) is 0 Å². The highest BCUT2D eigenvalue weighted by Crippen LogP contribution is 2.29. The van der Waals surface area contributed by atoms with Crippen molar-refractivity contribution >= 4 is 57.2 Å². The van der Waals surface area contributed by atoms with Crippen molar-refractivity contribution in [2.24, 2.45) is 0 Å². The summed E-state index contributed by atoms with van der Waals surface area (Å²) in [4.78, 5) is 27.9. The maximum atomic E-state index is 12.1. The zero-order valence-corrected chi connectivity index (χ0v) is 16.1. The van der Waals surface area contributed by atoms with Crippen LogP contribution in [-0.4, -0.2) is 29.4 Å². The molecule has 3 N–H and O–H groups in total. The Morgan fingerprint density at radius 1 is 1.32 bits per heavy atom. The van der Waals surface area contributed by atoms with Crippen LogP contribution >= 0.6 is 34.5 Å². The molecule has 0 saturated carbocycles. The maximum absolute atomic E-state index is 12.1. The SMILES string of the molecule is CC[C@@H](C)NC(=O)CNC(=O)c1csc(Nc2cc(Cl)ccc2Cl)n1. The smallest absolute Gasteiger partial charge is 0.271 e. The molecule has 0 fully saturated rings. The van der Waals surface area contributed by atoms with Gasteiger partial charge in [-0.15, -0.1) is 11.3 Å². The molecule has 2 rings (SSSR count). The molecule has 134 valence electrons. The fraction of sp³-hybridized carbons (Fsp3) is 0.312. The quantitative estimate of drug-likeness (QED) is 0.659. The largest absolute Gasteiger partial charge is 0.352 e. The topological polar surface area (TPSA) is 83.1 Å². The lowest BCUT2D eigenvalue weighted by atomic mass is 10.2. The Labute approximate surface area is 159 Å². The normalized spacial score (nSPS) is 11.7. The molecule has 0 unspecified atom stereocenters. The van der Waals surface area contributed by atoms with Crippen LogP contribution in [0.15, 0.2) is 23.6 Å². The first-order valence-corrected chi connectivity index (χ1v) is 9.27. The first-order valence-electron chi connectivity index (χ1n) is 7.64. The molecule has 1 aromatic carbocycles. The lowest BCUT2D eigenvalue weighted by Gasteiger charge is -2.11. The van der Waals surface area contributed by atoms with Crippen molar-refractivity contribution in [2.45, 2.75) is 26.3 Å². The van der Waals surface area contributed by atoms with Crippen LogP contribution in [0.25, 0.3) is 0 Å². The molecule has 0 saturated heterocycles. The summed E-state index contributed by atoms with van der Waals surface area (Å²) in [6.07, 6.45) is 0.826. The van der Waals surface area contributed by atoms with E-state index in [1.807, 2.05) is 13.8 Å². The third-order valence-corrected chi connectivity index (χ3v) is 4.66. The zero-order valence-electron chi connectivity index (χ0n) is 13.7. The highest BCUT2D eigenvalue weighted by molar-refractivity contribution is 7.14. The molecular weight excluding hydrogens is 383 g/mol. The Bertz CT molecular complexity index is 766. The summed E-state index contributed by atoms with van der Waals surface area (Å²) in [6, 6.07) is 5.09. The number of amides is 2. The Hall–Kier alpha value is -1.83. The number of nitrogens with one attached hydrogen (secondary N) is 3. The van der Waals surface area contributed by atoms with Crippen LogP contribution in [0.4, 0.5) is 10.8 Å². The van der Waals surface area contributed by atoms with Crippen LogP contribution in [0.1, 0.15) is 30.8 Å². The monoisotopic (exact) mass is 400 g/mol. The molecule has 6 nitrogen and oxygen atoms in total. The van der Waals surface area contributed by atoms with E-state index >= 15 is 0 Å². The number of benzene rings is 1. The molecule has 1 aromatic heterocycles. The van der Waals surface area contributed by atoms with Crippen LogP contribution in [0.2, 0.25) is 10.0 Å². The standard InChI is InChI=1S/C16H18Cl2N4O2S/c1-3-9(2)20-14(23)7-19-15(24)13-8-25-16(22-13)21-12-6-10(17)4-5-11(12)18/h4-6,8-9H,3,7H2,1-2H3,(H,19,24)(H,20,23)(H,21,22)/t9-/m1/s1. The van der Waals surface area contributed by atoms with E-state index in [4.69, 9.17) is 23.2 Å². The highest BCUT2D eigenvalue weighted by atomic mass is 35.5. The van der Waals surface area contributed by atoms with E-state index in [0.29, 0.717) is 20.9 Å². The second-order valence-electron chi connectivity index (χ2n) is 5.35. The molecule has 25 heavy (non-hydrogen) atoms. The van der Waals surface area contributed by atoms with Gasteiger partial charge in [0, 0.05) is 16.4 Å². The summed E-state index contributed by atoms with van der Waals surface area (Å²) < 4.78 is 0. The minimum atomic E-state index is -0.416. The molecule has 1 atom stereocenters. The number of hydrogen-bond acceptors (Lipinski definition) is 5. The van der Waals surface area contributed by atoms with Gasteiger partial charge in [-0.3, -0.25) is 9.59 Å². The number of halogens is 2. The van der Waals surface area contributed by atoms with E-state index in [-0.39, 0.29) is 24.2 Å². The average molecular weight is 401 g/mol. The van der Waals surface area contributed by atoms with Crippen molar-refractivity contribution in [2.75, 3.05) is 11.9 Å². The molecule has 2 amide bonds. The molecule has 2 aromatic rings. The maximum Gasteiger partial charge on any atom is 0.271 e. The van der Waals surface area contributed by atoms with Crippen molar-refractivity contribution in [3.63, 3.8) is 0 Å². The predicted octanol–water partition coefficient (Wildman–Crippen LogP) is 3.84. The Morgan fingerprint density at radius 3 is 2.80 bits per heavy atom. The fourth-order valence-electron chi connectivity index (χ4n) is 1.82. The second-order valence-corrected chi connectivity index (χ2v) is 7.05. The van der Waals surface area contributed by atoms with E-state index in [9.17, 15) is 9.59 Å². The van der Waals surface area contributed by atoms with Gasteiger partial charge in [0.25, 0.3) is 5.91 Å².